The summed E-state index contributed by atoms with van der Waals surface area (Å²) in [5.41, 5.74) is 1.32. The van der Waals surface area contributed by atoms with Crippen molar-refractivity contribution in [3.05, 3.63) is 65.6 Å². The number of allylic oxidation sites excluding steroid dienone is 2. The summed E-state index contributed by atoms with van der Waals surface area (Å²) in [5, 5.41) is 3.95. The van der Waals surface area contributed by atoms with Gasteiger partial charge in [-0.05, 0) is 35.4 Å². The SMILES string of the molecule is C=C/C=C\c1c(C)sc2cc3ccccc3cc12. The second-order valence-corrected chi connectivity index (χ2v) is 5.62. The molecule has 0 spiro atoms. The van der Waals surface area contributed by atoms with Gasteiger partial charge in [0, 0.05) is 15.0 Å². The van der Waals surface area contributed by atoms with Crippen molar-refractivity contribution in [2.45, 2.75) is 6.92 Å². The van der Waals surface area contributed by atoms with E-state index in [0.717, 1.165) is 0 Å². The highest BCUT2D eigenvalue weighted by molar-refractivity contribution is 7.19. The Morgan fingerprint density at radius 3 is 2.56 bits per heavy atom. The highest BCUT2D eigenvalue weighted by Gasteiger charge is 2.07. The van der Waals surface area contributed by atoms with Gasteiger partial charge in [0.2, 0.25) is 0 Å². The Kier molecular flexibility index (Phi) is 2.77. The van der Waals surface area contributed by atoms with Crippen molar-refractivity contribution < 1.29 is 0 Å². The summed E-state index contributed by atoms with van der Waals surface area (Å²) >= 11 is 1.86. The maximum Gasteiger partial charge on any atom is 0.0358 e. The zero-order valence-corrected chi connectivity index (χ0v) is 11.1. The van der Waals surface area contributed by atoms with Crippen LogP contribution in [-0.2, 0) is 0 Å². The molecule has 1 heteroatoms. The van der Waals surface area contributed by atoms with E-state index in [2.05, 4.69) is 56.0 Å². The van der Waals surface area contributed by atoms with E-state index in [1.54, 1.807) is 0 Å². The molecule has 0 fully saturated rings. The lowest BCUT2D eigenvalue weighted by Crippen LogP contribution is -1.74. The molecule has 0 aliphatic carbocycles. The molecule has 0 radical (unpaired) electrons. The van der Waals surface area contributed by atoms with E-state index in [4.69, 9.17) is 0 Å². The molecule has 0 nitrogen and oxygen atoms in total. The quantitative estimate of drug-likeness (QED) is 0.522. The summed E-state index contributed by atoms with van der Waals surface area (Å²) in [5.74, 6) is 0. The van der Waals surface area contributed by atoms with Crippen molar-refractivity contribution in [3.63, 3.8) is 0 Å². The number of aryl methyl sites for hydroxylation is 1. The largest absolute Gasteiger partial charge is 0.140 e. The van der Waals surface area contributed by atoms with Gasteiger partial charge < -0.3 is 0 Å². The van der Waals surface area contributed by atoms with E-state index in [-0.39, 0.29) is 0 Å². The monoisotopic (exact) mass is 250 g/mol. The van der Waals surface area contributed by atoms with E-state index in [9.17, 15) is 0 Å². The Labute approximate surface area is 111 Å². The molecule has 0 atom stereocenters. The average Bonchev–Trinajstić information content (AvgIpc) is 2.68. The first kappa shape index (κ1) is 11.2. The van der Waals surface area contributed by atoms with Gasteiger partial charge in [-0.3, -0.25) is 0 Å². The van der Waals surface area contributed by atoms with Crippen LogP contribution in [0.15, 0.2) is 55.1 Å². The number of benzene rings is 2. The second kappa shape index (κ2) is 4.43. The van der Waals surface area contributed by atoms with Crippen LogP contribution < -0.4 is 0 Å². The molecular formula is C17H14S. The van der Waals surface area contributed by atoms with Crippen molar-refractivity contribution >= 4 is 38.3 Å². The van der Waals surface area contributed by atoms with Crippen LogP contribution in [0.4, 0.5) is 0 Å². The van der Waals surface area contributed by atoms with Gasteiger partial charge in [0.15, 0.2) is 0 Å². The molecule has 0 aliphatic heterocycles. The van der Waals surface area contributed by atoms with E-state index in [1.807, 2.05) is 23.5 Å². The fourth-order valence-corrected chi connectivity index (χ4v) is 3.38. The summed E-state index contributed by atoms with van der Waals surface area (Å²) in [6.07, 6.45) is 5.98. The molecule has 0 aliphatic rings. The molecule has 0 unspecified atom stereocenters. The summed E-state index contributed by atoms with van der Waals surface area (Å²) in [4.78, 5) is 1.36. The van der Waals surface area contributed by atoms with Crippen LogP contribution >= 0.6 is 11.3 Å². The van der Waals surface area contributed by atoms with Gasteiger partial charge >= 0.3 is 0 Å². The van der Waals surface area contributed by atoms with E-state index < -0.39 is 0 Å². The number of thiophene rings is 1. The molecule has 3 rings (SSSR count). The van der Waals surface area contributed by atoms with Crippen LogP contribution in [0.5, 0.6) is 0 Å². The Hall–Kier alpha value is -1.86. The fraction of sp³-hybridized carbons (Fsp3) is 0.0588. The molecular weight excluding hydrogens is 236 g/mol. The zero-order chi connectivity index (χ0) is 12.5. The summed E-state index contributed by atoms with van der Waals surface area (Å²) in [6.45, 7) is 5.92. The number of rotatable bonds is 2. The van der Waals surface area contributed by atoms with Gasteiger partial charge in [-0.15, -0.1) is 11.3 Å². The van der Waals surface area contributed by atoms with Crippen molar-refractivity contribution in [1.82, 2.24) is 0 Å². The van der Waals surface area contributed by atoms with Crippen molar-refractivity contribution in [2.24, 2.45) is 0 Å². The topological polar surface area (TPSA) is 0 Å². The number of hydrogen-bond acceptors (Lipinski definition) is 1. The molecule has 88 valence electrons. The van der Waals surface area contributed by atoms with Gasteiger partial charge in [0.25, 0.3) is 0 Å². The normalized spacial score (nSPS) is 11.6. The average molecular weight is 250 g/mol. The lowest BCUT2D eigenvalue weighted by Gasteiger charge is -1.99. The fourth-order valence-electron chi connectivity index (χ4n) is 2.30. The Morgan fingerprint density at radius 2 is 1.83 bits per heavy atom. The van der Waals surface area contributed by atoms with Gasteiger partial charge in [0.05, 0.1) is 0 Å². The predicted octanol–water partition coefficient (Wildman–Crippen LogP) is 5.56. The molecule has 18 heavy (non-hydrogen) atoms. The van der Waals surface area contributed by atoms with Crippen molar-refractivity contribution in [3.8, 4) is 0 Å². The first-order chi connectivity index (χ1) is 8.79. The van der Waals surface area contributed by atoms with Crippen LogP contribution in [0.1, 0.15) is 10.4 Å². The third-order valence-corrected chi connectivity index (χ3v) is 4.26. The standard InChI is InChI=1S/C17H14S/c1-3-4-9-15-12(2)18-17-11-14-8-6-5-7-13(14)10-16(15)17/h3-11H,1H2,2H3/b9-4-. The maximum absolute atomic E-state index is 3.74. The number of hydrogen-bond donors (Lipinski definition) is 0. The summed E-state index contributed by atoms with van der Waals surface area (Å²) in [7, 11) is 0. The molecule has 0 N–H and O–H groups in total. The smallest absolute Gasteiger partial charge is 0.0358 e. The number of fused-ring (bicyclic) bond motifs is 2. The highest BCUT2D eigenvalue weighted by Crippen LogP contribution is 2.34. The maximum atomic E-state index is 3.74. The molecule has 0 amide bonds. The van der Waals surface area contributed by atoms with E-state index in [0.29, 0.717) is 0 Å². The van der Waals surface area contributed by atoms with Gasteiger partial charge in [-0.2, -0.15) is 0 Å². The van der Waals surface area contributed by atoms with Gasteiger partial charge in [-0.1, -0.05) is 49.1 Å². The van der Waals surface area contributed by atoms with Crippen LogP contribution in [0.3, 0.4) is 0 Å². The Balaban J connectivity index is 2.36. The van der Waals surface area contributed by atoms with Gasteiger partial charge in [0.1, 0.15) is 0 Å². The van der Waals surface area contributed by atoms with Crippen LogP contribution in [0.2, 0.25) is 0 Å². The molecule has 3 aromatic rings. The first-order valence-electron chi connectivity index (χ1n) is 6.00. The minimum absolute atomic E-state index is 1.30. The first-order valence-corrected chi connectivity index (χ1v) is 6.82. The molecule has 0 saturated carbocycles. The highest BCUT2D eigenvalue weighted by atomic mass is 32.1. The molecule has 1 heterocycles. The van der Waals surface area contributed by atoms with Crippen LogP contribution in [0.25, 0.3) is 26.9 Å². The van der Waals surface area contributed by atoms with E-state index in [1.165, 1.54) is 31.3 Å². The molecule has 0 saturated heterocycles. The lowest BCUT2D eigenvalue weighted by molar-refractivity contribution is 1.62. The molecule has 0 bridgehead atoms. The minimum atomic E-state index is 1.30. The predicted molar refractivity (Wildman–Crippen MR) is 83.3 cm³/mol. The Morgan fingerprint density at radius 1 is 1.11 bits per heavy atom. The van der Waals surface area contributed by atoms with Crippen molar-refractivity contribution in [2.75, 3.05) is 0 Å². The van der Waals surface area contributed by atoms with Gasteiger partial charge in [-0.25, -0.2) is 0 Å². The minimum Gasteiger partial charge on any atom is -0.140 e. The third kappa shape index (κ3) is 1.77. The third-order valence-electron chi connectivity index (χ3n) is 3.18. The van der Waals surface area contributed by atoms with Crippen LogP contribution in [0, 0.1) is 6.92 Å². The molecule has 2 aromatic carbocycles. The molecule has 1 aromatic heterocycles. The van der Waals surface area contributed by atoms with Crippen molar-refractivity contribution in [1.29, 1.82) is 0 Å². The Bertz CT molecular complexity index is 760. The van der Waals surface area contributed by atoms with Crippen LogP contribution in [-0.4, -0.2) is 0 Å². The second-order valence-electron chi connectivity index (χ2n) is 4.36. The summed E-state index contributed by atoms with van der Waals surface area (Å²) < 4.78 is 1.36. The zero-order valence-electron chi connectivity index (χ0n) is 10.3. The summed E-state index contributed by atoms with van der Waals surface area (Å²) in [6, 6.07) is 13.1. The lowest BCUT2D eigenvalue weighted by atomic mass is 10.0. The van der Waals surface area contributed by atoms with E-state index >= 15 is 0 Å².